The molecule has 0 bridgehead atoms. The first kappa shape index (κ1) is 16.4. The van der Waals surface area contributed by atoms with E-state index in [-0.39, 0.29) is 5.56 Å². The maximum absolute atomic E-state index is 14.5. The number of carbonyl (C=O) groups excluding carboxylic acids is 1. The summed E-state index contributed by atoms with van der Waals surface area (Å²) in [5.74, 6) is -0.887. The number of hydrogen-bond acceptors (Lipinski definition) is 3. The minimum atomic E-state index is -0.683. The first-order valence-electron chi connectivity index (χ1n) is 8.40. The Hall–Kier alpha value is -3.05. The molecule has 2 aromatic carbocycles. The fraction of sp³-hybridized carbons (Fsp3) is 0.143. The van der Waals surface area contributed by atoms with Crippen LogP contribution in [-0.4, -0.2) is 22.1 Å². The number of nitrogens with one attached hydrogen (secondary N) is 1. The van der Waals surface area contributed by atoms with Crippen LogP contribution in [0.15, 0.2) is 67.0 Å². The number of carbonyl (C=O) groups is 1. The van der Waals surface area contributed by atoms with Crippen molar-refractivity contribution in [2.45, 2.75) is 18.6 Å². The number of benzene rings is 2. The SMILES string of the molecule is O=C(NC1c2ccccc2CC1O)c1ccc(-c2ccncc2)c(F)c1. The molecule has 2 N–H and O–H groups in total. The maximum atomic E-state index is 14.5. The zero-order valence-electron chi connectivity index (χ0n) is 13.9. The van der Waals surface area contributed by atoms with Crippen LogP contribution in [0.4, 0.5) is 4.39 Å². The van der Waals surface area contributed by atoms with E-state index in [0.717, 1.165) is 11.1 Å². The minimum absolute atomic E-state index is 0.219. The lowest BCUT2D eigenvalue weighted by Crippen LogP contribution is -2.33. The minimum Gasteiger partial charge on any atom is -0.390 e. The third-order valence-electron chi connectivity index (χ3n) is 4.71. The van der Waals surface area contributed by atoms with Gasteiger partial charge < -0.3 is 10.4 Å². The summed E-state index contributed by atoms with van der Waals surface area (Å²) < 4.78 is 14.5. The van der Waals surface area contributed by atoms with E-state index in [4.69, 9.17) is 0 Å². The van der Waals surface area contributed by atoms with E-state index >= 15 is 0 Å². The largest absolute Gasteiger partial charge is 0.390 e. The van der Waals surface area contributed by atoms with E-state index in [1.54, 1.807) is 36.7 Å². The van der Waals surface area contributed by atoms with Gasteiger partial charge in [-0.1, -0.05) is 30.3 Å². The summed E-state index contributed by atoms with van der Waals surface area (Å²) in [4.78, 5) is 16.5. The van der Waals surface area contributed by atoms with E-state index in [1.807, 2.05) is 24.3 Å². The number of aliphatic hydroxyl groups is 1. The van der Waals surface area contributed by atoms with Crippen LogP contribution in [0.2, 0.25) is 0 Å². The van der Waals surface area contributed by atoms with Crippen LogP contribution in [0.3, 0.4) is 0 Å². The number of aliphatic hydroxyl groups excluding tert-OH is 1. The Bertz CT molecular complexity index is 959. The lowest BCUT2D eigenvalue weighted by Gasteiger charge is -2.18. The summed E-state index contributed by atoms with van der Waals surface area (Å²) in [5, 5.41) is 13.1. The summed E-state index contributed by atoms with van der Waals surface area (Å²) in [5.41, 5.74) is 3.25. The predicted molar refractivity (Wildman–Crippen MR) is 96.0 cm³/mol. The average molecular weight is 348 g/mol. The van der Waals surface area contributed by atoms with Gasteiger partial charge >= 0.3 is 0 Å². The van der Waals surface area contributed by atoms with Crippen molar-refractivity contribution in [2.24, 2.45) is 0 Å². The Balaban J connectivity index is 1.57. The van der Waals surface area contributed by atoms with E-state index in [0.29, 0.717) is 17.5 Å². The van der Waals surface area contributed by atoms with Crippen molar-refractivity contribution in [1.29, 1.82) is 0 Å². The van der Waals surface area contributed by atoms with Crippen molar-refractivity contribution in [3.05, 3.63) is 89.5 Å². The number of hydrogen-bond donors (Lipinski definition) is 2. The molecule has 1 amide bonds. The molecular weight excluding hydrogens is 331 g/mol. The lowest BCUT2D eigenvalue weighted by molar-refractivity contribution is 0.0858. The fourth-order valence-corrected chi connectivity index (χ4v) is 3.39. The third-order valence-corrected chi connectivity index (χ3v) is 4.71. The molecule has 1 aromatic heterocycles. The van der Waals surface area contributed by atoms with Crippen molar-refractivity contribution in [3.63, 3.8) is 0 Å². The summed E-state index contributed by atoms with van der Waals surface area (Å²) >= 11 is 0. The zero-order chi connectivity index (χ0) is 18.1. The highest BCUT2D eigenvalue weighted by atomic mass is 19.1. The molecule has 1 heterocycles. The summed E-state index contributed by atoms with van der Waals surface area (Å²) in [6.07, 6.45) is 3.00. The highest BCUT2D eigenvalue weighted by molar-refractivity contribution is 5.95. The van der Waals surface area contributed by atoms with Gasteiger partial charge in [0.2, 0.25) is 0 Å². The second kappa shape index (κ2) is 6.69. The van der Waals surface area contributed by atoms with Crippen molar-refractivity contribution in [1.82, 2.24) is 10.3 Å². The Morgan fingerprint density at radius 3 is 2.65 bits per heavy atom. The molecule has 0 saturated carbocycles. The molecular formula is C21H17FN2O2. The monoisotopic (exact) mass is 348 g/mol. The Morgan fingerprint density at radius 1 is 1.12 bits per heavy atom. The summed E-state index contributed by atoms with van der Waals surface area (Å²) in [6, 6.07) is 14.9. The molecule has 0 saturated heterocycles. The van der Waals surface area contributed by atoms with Gasteiger partial charge in [-0.3, -0.25) is 9.78 Å². The van der Waals surface area contributed by atoms with Crippen molar-refractivity contribution in [2.75, 3.05) is 0 Å². The smallest absolute Gasteiger partial charge is 0.251 e. The third kappa shape index (κ3) is 2.97. The van der Waals surface area contributed by atoms with Gasteiger partial charge in [-0.2, -0.15) is 0 Å². The molecule has 0 radical (unpaired) electrons. The molecule has 26 heavy (non-hydrogen) atoms. The average Bonchev–Trinajstić information content (AvgIpc) is 2.98. The number of aromatic nitrogens is 1. The number of halogens is 1. The summed E-state index contributed by atoms with van der Waals surface area (Å²) in [6.45, 7) is 0. The molecule has 2 atom stereocenters. The molecule has 0 fully saturated rings. The van der Waals surface area contributed by atoms with Crippen LogP contribution in [0, 0.1) is 5.82 Å². The molecule has 4 nitrogen and oxygen atoms in total. The predicted octanol–water partition coefficient (Wildman–Crippen LogP) is 3.28. The molecule has 0 aliphatic heterocycles. The van der Waals surface area contributed by atoms with Crippen LogP contribution < -0.4 is 5.32 Å². The van der Waals surface area contributed by atoms with Crippen molar-refractivity contribution in [3.8, 4) is 11.1 Å². The van der Waals surface area contributed by atoms with Crippen LogP contribution in [0.5, 0.6) is 0 Å². The van der Waals surface area contributed by atoms with E-state index < -0.39 is 23.9 Å². The number of rotatable bonds is 3. The Labute approximate surface area is 150 Å². The first-order valence-corrected chi connectivity index (χ1v) is 8.40. The molecule has 1 aliphatic carbocycles. The van der Waals surface area contributed by atoms with E-state index in [2.05, 4.69) is 10.3 Å². The highest BCUT2D eigenvalue weighted by Gasteiger charge is 2.32. The van der Waals surface area contributed by atoms with Gasteiger partial charge in [0, 0.05) is 29.9 Å². The quantitative estimate of drug-likeness (QED) is 0.764. The lowest BCUT2D eigenvalue weighted by atomic mass is 10.0. The Morgan fingerprint density at radius 2 is 1.88 bits per heavy atom. The maximum Gasteiger partial charge on any atom is 0.251 e. The van der Waals surface area contributed by atoms with Crippen LogP contribution >= 0.6 is 0 Å². The number of pyridine rings is 1. The van der Waals surface area contributed by atoms with Crippen molar-refractivity contribution < 1.29 is 14.3 Å². The van der Waals surface area contributed by atoms with Gasteiger partial charge in [0.1, 0.15) is 5.82 Å². The molecule has 3 aromatic rings. The first-order chi connectivity index (χ1) is 12.6. The number of fused-ring (bicyclic) bond motifs is 1. The van der Waals surface area contributed by atoms with Crippen molar-refractivity contribution >= 4 is 5.91 Å². The summed E-state index contributed by atoms with van der Waals surface area (Å²) in [7, 11) is 0. The topological polar surface area (TPSA) is 62.2 Å². The van der Waals surface area contributed by atoms with Crippen LogP contribution in [0.25, 0.3) is 11.1 Å². The Kier molecular flexibility index (Phi) is 4.22. The molecule has 4 rings (SSSR count). The van der Waals surface area contributed by atoms with E-state index in [9.17, 15) is 14.3 Å². The molecule has 130 valence electrons. The fourth-order valence-electron chi connectivity index (χ4n) is 3.39. The van der Waals surface area contributed by atoms with Gasteiger partial charge in [-0.05, 0) is 41.0 Å². The van der Waals surface area contributed by atoms with Gasteiger partial charge in [0.05, 0.1) is 12.1 Å². The van der Waals surface area contributed by atoms with Gasteiger partial charge in [-0.25, -0.2) is 4.39 Å². The molecule has 2 unspecified atom stereocenters. The van der Waals surface area contributed by atoms with Gasteiger partial charge in [-0.15, -0.1) is 0 Å². The number of nitrogens with zero attached hydrogens (tertiary/aromatic N) is 1. The van der Waals surface area contributed by atoms with Gasteiger partial charge in [0.15, 0.2) is 0 Å². The highest BCUT2D eigenvalue weighted by Crippen LogP contribution is 2.31. The van der Waals surface area contributed by atoms with Gasteiger partial charge in [0.25, 0.3) is 5.91 Å². The standard InChI is InChI=1S/C21H17FN2O2/c22-18-11-15(5-6-16(18)13-7-9-23-10-8-13)21(26)24-20-17-4-2-1-3-14(17)12-19(20)25/h1-11,19-20,25H,12H2,(H,24,26). The second-order valence-corrected chi connectivity index (χ2v) is 6.35. The molecule has 0 spiro atoms. The van der Waals surface area contributed by atoms with Crippen LogP contribution in [-0.2, 0) is 6.42 Å². The van der Waals surface area contributed by atoms with E-state index in [1.165, 1.54) is 6.07 Å². The normalized spacial score (nSPS) is 18.4. The molecule has 1 aliphatic rings. The van der Waals surface area contributed by atoms with Crippen LogP contribution in [0.1, 0.15) is 27.5 Å². The second-order valence-electron chi connectivity index (χ2n) is 6.35. The zero-order valence-corrected chi connectivity index (χ0v) is 13.9. The molecule has 5 heteroatoms. The number of amides is 1.